The molecule has 29 heavy (non-hydrogen) atoms. The number of rotatable bonds is 10. The van der Waals surface area contributed by atoms with Crippen molar-refractivity contribution < 1.29 is 14.3 Å². The molecule has 3 aromatic rings. The van der Waals surface area contributed by atoms with E-state index < -0.39 is 0 Å². The Labute approximate surface area is 175 Å². The zero-order valence-corrected chi connectivity index (χ0v) is 17.4. The number of ether oxygens (including phenoxy) is 2. The quantitative estimate of drug-likeness (QED) is 0.511. The molecule has 0 radical (unpaired) electrons. The standard InChI is InChI=1S/C22H25N3O3S/c1-25(19-7-4-3-5-8-19)12-6-11-23-22(26)17-9-10-20(21(13-17)27-2)28-14-18-15-29-16-24-18/h3-5,7-10,13,15-16H,6,11-12,14H2,1-2H3,(H,23,26). The highest BCUT2D eigenvalue weighted by molar-refractivity contribution is 7.07. The fraction of sp³-hybridized carbons (Fsp3) is 0.273. The lowest BCUT2D eigenvalue weighted by Crippen LogP contribution is -2.28. The highest BCUT2D eigenvalue weighted by atomic mass is 32.1. The van der Waals surface area contributed by atoms with E-state index in [2.05, 4.69) is 27.3 Å². The predicted molar refractivity (Wildman–Crippen MR) is 116 cm³/mol. The molecule has 1 amide bonds. The second-order valence-electron chi connectivity index (χ2n) is 6.50. The maximum atomic E-state index is 12.5. The smallest absolute Gasteiger partial charge is 0.251 e. The Morgan fingerprint density at radius 3 is 2.72 bits per heavy atom. The molecule has 3 rings (SSSR count). The van der Waals surface area contributed by atoms with Crippen molar-refractivity contribution in [3.8, 4) is 11.5 Å². The van der Waals surface area contributed by atoms with E-state index in [1.54, 1.807) is 30.8 Å². The summed E-state index contributed by atoms with van der Waals surface area (Å²) in [5.74, 6) is 0.981. The average molecular weight is 412 g/mol. The Bertz CT molecular complexity index is 901. The van der Waals surface area contributed by atoms with Gasteiger partial charge >= 0.3 is 0 Å². The van der Waals surface area contributed by atoms with Gasteiger partial charge in [0.15, 0.2) is 11.5 Å². The number of carbonyl (C=O) groups excluding carboxylic acids is 1. The number of aromatic nitrogens is 1. The van der Waals surface area contributed by atoms with Crippen LogP contribution in [0.25, 0.3) is 0 Å². The first-order valence-electron chi connectivity index (χ1n) is 9.39. The summed E-state index contributed by atoms with van der Waals surface area (Å²) in [5.41, 5.74) is 4.33. The van der Waals surface area contributed by atoms with Crippen molar-refractivity contribution in [2.75, 3.05) is 32.1 Å². The second-order valence-corrected chi connectivity index (χ2v) is 7.22. The summed E-state index contributed by atoms with van der Waals surface area (Å²) >= 11 is 1.52. The van der Waals surface area contributed by atoms with Crippen LogP contribution in [0.5, 0.6) is 11.5 Å². The number of amides is 1. The topological polar surface area (TPSA) is 63.7 Å². The number of carbonyl (C=O) groups is 1. The van der Waals surface area contributed by atoms with E-state index in [1.165, 1.54) is 11.3 Å². The van der Waals surface area contributed by atoms with Crippen molar-refractivity contribution in [2.45, 2.75) is 13.0 Å². The molecular weight excluding hydrogens is 386 g/mol. The lowest BCUT2D eigenvalue weighted by atomic mass is 10.2. The van der Waals surface area contributed by atoms with E-state index in [0.717, 1.165) is 24.3 Å². The third-order valence-electron chi connectivity index (χ3n) is 4.44. The van der Waals surface area contributed by atoms with Crippen molar-refractivity contribution in [1.29, 1.82) is 0 Å². The molecule has 152 valence electrons. The first-order valence-corrected chi connectivity index (χ1v) is 10.3. The maximum Gasteiger partial charge on any atom is 0.251 e. The van der Waals surface area contributed by atoms with E-state index in [0.29, 0.717) is 30.2 Å². The minimum atomic E-state index is -0.128. The van der Waals surface area contributed by atoms with Gasteiger partial charge in [-0.1, -0.05) is 18.2 Å². The van der Waals surface area contributed by atoms with Gasteiger partial charge < -0.3 is 19.7 Å². The van der Waals surface area contributed by atoms with Crippen LogP contribution in [0, 0.1) is 0 Å². The number of anilines is 1. The van der Waals surface area contributed by atoms with Gasteiger partial charge in [-0.3, -0.25) is 4.79 Å². The molecule has 6 nitrogen and oxygen atoms in total. The van der Waals surface area contributed by atoms with Gasteiger partial charge in [-0.2, -0.15) is 0 Å². The summed E-state index contributed by atoms with van der Waals surface area (Å²) in [5, 5.41) is 4.89. The average Bonchev–Trinajstić information content (AvgIpc) is 3.29. The number of nitrogens with one attached hydrogen (secondary N) is 1. The summed E-state index contributed by atoms with van der Waals surface area (Å²) in [4.78, 5) is 18.8. The molecule has 1 N–H and O–H groups in total. The minimum absolute atomic E-state index is 0.128. The van der Waals surface area contributed by atoms with Crippen LogP contribution in [0.3, 0.4) is 0 Å². The normalized spacial score (nSPS) is 10.4. The molecule has 7 heteroatoms. The van der Waals surface area contributed by atoms with Gasteiger partial charge in [0.05, 0.1) is 18.3 Å². The summed E-state index contributed by atoms with van der Waals surface area (Å²) in [6.07, 6.45) is 0.850. The minimum Gasteiger partial charge on any atom is -0.493 e. The van der Waals surface area contributed by atoms with Crippen molar-refractivity contribution in [3.05, 3.63) is 70.7 Å². The van der Waals surface area contributed by atoms with Gasteiger partial charge in [-0.05, 0) is 36.8 Å². The van der Waals surface area contributed by atoms with Gasteiger partial charge in [-0.25, -0.2) is 4.98 Å². The molecule has 0 saturated heterocycles. The molecule has 0 aliphatic carbocycles. The van der Waals surface area contributed by atoms with Crippen LogP contribution in [-0.2, 0) is 6.61 Å². The summed E-state index contributed by atoms with van der Waals surface area (Å²) in [7, 11) is 3.61. The van der Waals surface area contributed by atoms with Crippen LogP contribution < -0.4 is 19.7 Å². The Hall–Kier alpha value is -3.06. The molecule has 0 aliphatic rings. The fourth-order valence-electron chi connectivity index (χ4n) is 2.82. The number of hydrogen-bond acceptors (Lipinski definition) is 6. The zero-order chi connectivity index (χ0) is 20.5. The van der Waals surface area contributed by atoms with E-state index in [9.17, 15) is 4.79 Å². The molecule has 0 aliphatic heterocycles. The molecule has 0 spiro atoms. The van der Waals surface area contributed by atoms with Crippen LogP contribution in [0.15, 0.2) is 59.4 Å². The first-order chi connectivity index (χ1) is 14.2. The Balaban J connectivity index is 1.48. The molecule has 2 aromatic carbocycles. The molecular formula is C22H25N3O3S. The highest BCUT2D eigenvalue weighted by Gasteiger charge is 2.11. The predicted octanol–water partition coefficient (Wildman–Crippen LogP) is 3.99. The van der Waals surface area contributed by atoms with E-state index >= 15 is 0 Å². The maximum absolute atomic E-state index is 12.5. The van der Waals surface area contributed by atoms with Crippen LogP contribution in [-0.4, -0.2) is 38.1 Å². The molecule has 0 fully saturated rings. The molecule has 0 bridgehead atoms. The molecule has 0 atom stereocenters. The molecule has 0 unspecified atom stereocenters. The summed E-state index contributed by atoms with van der Waals surface area (Å²) in [6.45, 7) is 1.82. The number of para-hydroxylation sites is 1. The molecule has 0 saturated carbocycles. The van der Waals surface area contributed by atoms with Gasteiger partial charge in [0.25, 0.3) is 5.91 Å². The number of nitrogens with zero attached hydrogens (tertiary/aromatic N) is 2. The Morgan fingerprint density at radius 2 is 2.00 bits per heavy atom. The first kappa shape index (κ1) is 20.7. The third kappa shape index (κ3) is 5.96. The van der Waals surface area contributed by atoms with Crippen LogP contribution in [0.4, 0.5) is 5.69 Å². The van der Waals surface area contributed by atoms with E-state index in [-0.39, 0.29) is 5.91 Å². The lowest BCUT2D eigenvalue weighted by molar-refractivity contribution is 0.0953. The monoisotopic (exact) mass is 411 g/mol. The van der Waals surface area contributed by atoms with Gasteiger partial charge in [-0.15, -0.1) is 11.3 Å². The fourth-order valence-corrected chi connectivity index (χ4v) is 3.36. The SMILES string of the molecule is COc1cc(C(=O)NCCCN(C)c2ccccc2)ccc1OCc1cscn1. The largest absolute Gasteiger partial charge is 0.493 e. The van der Waals surface area contributed by atoms with Crippen LogP contribution in [0.2, 0.25) is 0 Å². The number of hydrogen-bond donors (Lipinski definition) is 1. The van der Waals surface area contributed by atoms with Gasteiger partial charge in [0.2, 0.25) is 0 Å². The van der Waals surface area contributed by atoms with Gasteiger partial charge in [0, 0.05) is 36.8 Å². The lowest BCUT2D eigenvalue weighted by Gasteiger charge is -2.19. The number of methoxy groups -OCH3 is 1. The molecule has 1 aromatic heterocycles. The zero-order valence-electron chi connectivity index (χ0n) is 16.6. The highest BCUT2D eigenvalue weighted by Crippen LogP contribution is 2.28. The number of benzene rings is 2. The molecule has 1 heterocycles. The summed E-state index contributed by atoms with van der Waals surface area (Å²) in [6, 6.07) is 15.4. The van der Waals surface area contributed by atoms with Crippen molar-refractivity contribution >= 4 is 22.9 Å². The van der Waals surface area contributed by atoms with E-state index in [1.807, 2.05) is 30.6 Å². The number of thiazole rings is 1. The summed E-state index contributed by atoms with van der Waals surface area (Å²) < 4.78 is 11.1. The van der Waals surface area contributed by atoms with Crippen LogP contribution in [0.1, 0.15) is 22.5 Å². The van der Waals surface area contributed by atoms with Crippen molar-refractivity contribution in [2.24, 2.45) is 0 Å². The van der Waals surface area contributed by atoms with E-state index in [4.69, 9.17) is 9.47 Å². The van der Waals surface area contributed by atoms with Crippen molar-refractivity contribution in [3.63, 3.8) is 0 Å². The Morgan fingerprint density at radius 1 is 1.17 bits per heavy atom. The second kappa shape index (κ2) is 10.5. The van der Waals surface area contributed by atoms with Crippen molar-refractivity contribution in [1.82, 2.24) is 10.3 Å². The van der Waals surface area contributed by atoms with Crippen LogP contribution >= 0.6 is 11.3 Å². The third-order valence-corrected chi connectivity index (χ3v) is 5.07. The van der Waals surface area contributed by atoms with Gasteiger partial charge in [0.1, 0.15) is 6.61 Å². The Kier molecular flexibility index (Phi) is 7.47.